The summed E-state index contributed by atoms with van der Waals surface area (Å²) in [5.41, 5.74) is 3.47. The van der Waals surface area contributed by atoms with Gasteiger partial charge >= 0.3 is 0 Å². The van der Waals surface area contributed by atoms with Gasteiger partial charge in [-0.05, 0) is 53.6 Å². The second-order valence-corrected chi connectivity index (χ2v) is 8.56. The van der Waals surface area contributed by atoms with Gasteiger partial charge < -0.3 is 19.7 Å². The first-order valence-electron chi connectivity index (χ1n) is 11.5. The number of ether oxygens (including phenoxy) is 2. The van der Waals surface area contributed by atoms with Gasteiger partial charge in [0.25, 0.3) is 0 Å². The first-order chi connectivity index (χ1) is 15.7. The van der Waals surface area contributed by atoms with Crippen LogP contribution in [0.5, 0.6) is 11.5 Å². The third-order valence-corrected chi connectivity index (χ3v) is 6.04. The smallest absolute Gasteiger partial charge is 0.161 e. The summed E-state index contributed by atoms with van der Waals surface area (Å²) in [7, 11) is 1.67. The van der Waals surface area contributed by atoms with Crippen LogP contribution in [0.15, 0.2) is 66.9 Å². The summed E-state index contributed by atoms with van der Waals surface area (Å²) in [6, 6.07) is 20.6. The molecule has 0 atom stereocenters. The molecule has 0 spiro atoms. The van der Waals surface area contributed by atoms with E-state index in [1.165, 1.54) is 18.4 Å². The van der Waals surface area contributed by atoms with Crippen LogP contribution in [-0.2, 0) is 19.7 Å². The molecule has 0 unspecified atom stereocenters. The van der Waals surface area contributed by atoms with E-state index in [2.05, 4.69) is 47.5 Å². The van der Waals surface area contributed by atoms with Gasteiger partial charge in [0, 0.05) is 32.4 Å². The monoisotopic (exact) mass is 431 g/mol. The Labute approximate surface area is 191 Å². The summed E-state index contributed by atoms with van der Waals surface area (Å²) in [6.07, 6.45) is 4.50. The molecule has 5 nitrogen and oxygen atoms in total. The van der Waals surface area contributed by atoms with E-state index >= 15 is 0 Å². The maximum atomic E-state index is 6.03. The Morgan fingerprint density at radius 3 is 2.38 bits per heavy atom. The van der Waals surface area contributed by atoms with Gasteiger partial charge in [0.15, 0.2) is 11.5 Å². The number of anilines is 1. The molecule has 1 fully saturated rings. The van der Waals surface area contributed by atoms with Gasteiger partial charge in [0.05, 0.1) is 7.11 Å². The zero-order chi connectivity index (χ0) is 22.2. The molecule has 3 aromatic rings. The standard InChI is InChI=1S/C27H33N3O2/c1-21-12-14-30(15-13-21)27-11-9-24(19-29-27)18-28-17-23-8-10-25(31-2)26(16-23)32-20-22-6-4-3-5-7-22/h3-11,16,19,21,28H,12-15,17-18,20H2,1-2H3. The van der Waals surface area contributed by atoms with Crippen molar-refractivity contribution in [2.75, 3.05) is 25.1 Å². The molecule has 0 saturated carbocycles. The van der Waals surface area contributed by atoms with Crippen molar-refractivity contribution in [3.8, 4) is 11.5 Å². The topological polar surface area (TPSA) is 46.6 Å². The van der Waals surface area contributed by atoms with E-state index in [9.17, 15) is 0 Å². The molecule has 0 aliphatic carbocycles. The number of nitrogens with zero attached hydrogens (tertiary/aromatic N) is 2. The summed E-state index contributed by atoms with van der Waals surface area (Å²) in [5, 5.41) is 3.51. The van der Waals surface area contributed by atoms with E-state index in [0.29, 0.717) is 6.61 Å². The molecule has 0 radical (unpaired) electrons. The summed E-state index contributed by atoms with van der Waals surface area (Å²) < 4.78 is 11.5. The van der Waals surface area contributed by atoms with Crippen molar-refractivity contribution in [3.63, 3.8) is 0 Å². The normalized spacial score (nSPS) is 14.4. The van der Waals surface area contributed by atoms with E-state index in [0.717, 1.165) is 60.5 Å². The van der Waals surface area contributed by atoms with Crippen LogP contribution in [-0.4, -0.2) is 25.2 Å². The fourth-order valence-electron chi connectivity index (χ4n) is 3.98. The summed E-state index contributed by atoms with van der Waals surface area (Å²) in [5.74, 6) is 3.43. The van der Waals surface area contributed by atoms with Crippen LogP contribution in [0.25, 0.3) is 0 Å². The molecule has 1 aliphatic rings. The van der Waals surface area contributed by atoms with Gasteiger partial charge in [-0.3, -0.25) is 0 Å². The number of hydrogen-bond acceptors (Lipinski definition) is 5. The van der Waals surface area contributed by atoms with E-state index in [4.69, 9.17) is 14.5 Å². The second-order valence-electron chi connectivity index (χ2n) is 8.56. The number of methoxy groups -OCH3 is 1. The van der Waals surface area contributed by atoms with Gasteiger partial charge in [-0.2, -0.15) is 0 Å². The number of piperidine rings is 1. The average Bonchev–Trinajstić information content (AvgIpc) is 2.84. The molecule has 4 rings (SSSR count). The van der Waals surface area contributed by atoms with Gasteiger partial charge in [-0.25, -0.2) is 4.98 Å². The van der Waals surface area contributed by atoms with Crippen molar-refractivity contribution in [1.29, 1.82) is 0 Å². The Hall–Kier alpha value is -3.05. The van der Waals surface area contributed by atoms with Gasteiger partial charge in [0.1, 0.15) is 12.4 Å². The highest BCUT2D eigenvalue weighted by atomic mass is 16.5. The van der Waals surface area contributed by atoms with Crippen molar-refractivity contribution >= 4 is 5.82 Å². The minimum atomic E-state index is 0.516. The predicted octanol–water partition coefficient (Wildman–Crippen LogP) is 5.20. The van der Waals surface area contributed by atoms with Crippen LogP contribution in [0.2, 0.25) is 0 Å². The third-order valence-electron chi connectivity index (χ3n) is 6.04. The fourth-order valence-corrected chi connectivity index (χ4v) is 3.98. The summed E-state index contributed by atoms with van der Waals surface area (Å²) >= 11 is 0. The summed E-state index contributed by atoms with van der Waals surface area (Å²) in [4.78, 5) is 7.09. The van der Waals surface area contributed by atoms with Crippen molar-refractivity contribution in [2.24, 2.45) is 5.92 Å². The molecule has 168 valence electrons. The van der Waals surface area contributed by atoms with Gasteiger partial charge in [0.2, 0.25) is 0 Å². The van der Waals surface area contributed by atoms with Crippen LogP contribution >= 0.6 is 0 Å². The van der Waals surface area contributed by atoms with E-state index in [1.807, 2.05) is 36.5 Å². The number of nitrogens with one attached hydrogen (secondary N) is 1. The molecular weight excluding hydrogens is 398 g/mol. The lowest BCUT2D eigenvalue weighted by Gasteiger charge is -2.31. The van der Waals surface area contributed by atoms with E-state index < -0.39 is 0 Å². The molecule has 0 bridgehead atoms. The highest BCUT2D eigenvalue weighted by Gasteiger charge is 2.16. The highest BCUT2D eigenvalue weighted by molar-refractivity contribution is 5.43. The molecule has 5 heteroatoms. The zero-order valence-corrected chi connectivity index (χ0v) is 19.1. The molecule has 32 heavy (non-hydrogen) atoms. The van der Waals surface area contributed by atoms with E-state index in [1.54, 1.807) is 7.11 Å². The van der Waals surface area contributed by atoms with Crippen molar-refractivity contribution < 1.29 is 9.47 Å². The fraction of sp³-hybridized carbons (Fsp3) is 0.370. The molecule has 1 aliphatic heterocycles. The van der Waals surface area contributed by atoms with E-state index in [-0.39, 0.29) is 0 Å². The average molecular weight is 432 g/mol. The Morgan fingerprint density at radius 2 is 1.66 bits per heavy atom. The maximum Gasteiger partial charge on any atom is 0.161 e. The highest BCUT2D eigenvalue weighted by Crippen LogP contribution is 2.29. The van der Waals surface area contributed by atoms with Crippen LogP contribution < -0.4 is 19.7 Å². The number of rotatable bonds is 9. The largest absolute Gasteiger partial charge is 0.493 e. The molecule has 0 amide bonds. The molecule has 2 aromatic carbocycles. The Kier molecular flexibility index (Phi) is 7.62. The molecule has 1 saturated heterocycles. The van der Waals surface area contributed by atoms with Crippen LogP contribution in [0, 0.1) is 5.92 Å². The lowest BCUT2D eigenvalue weighted by Crippen LogP contribution is -2.33. The Balaban J connectivity index is 1.29. The van der Waals surface area contributed by atoms with Crippen molar-refractivity contribution in [3.05, 3.63) is 83.6 Å². The first kappa shape index (κ1) is 22.2. The van der Waals surface area contributed by atoms with Crippen molar-refractivity contribution in [2.45, 2.75) is 39.5 Å². The SMILES string of the molecule is COc1ccc(CNCc2ccc(N3CCC(C)CC3)nc2)cc1OCc1ccccc1. The van der Waals surface area contributed by atoms with Crippen LogP contribution in [0.1, 0.15) is 36.5 Å². The Bertz CT molecular complexity index is 968. The maximum absolute atomic E-state index is 6.03. The molecule has 2 heterocycles. The predicted molar refractivity (Wildman–Crippen MR) is 129 cm³/mol. The lowest BCUT2D eigenvalue weighted by atomic mass is 9.99. The molecular formula is C27H33N3O2. The van der Waals surface area contributed by atoms with Crippen molar-refractivity contribution in [1.82, 2.24) is 10.3 Å². The van der Waals surface area contributed by atoms with Gasteiger partial charge in [-0.15, -0.1) is 0 Å². The first-order valence-corrected chi connectivity index (χ1v) is 11.5. The molecule has 1 N–H and O–H groups in total. The lowest BCUT2D eigenvalue weighted by molar-refractivity contribution is 0.284. The Morgan fingerprint density at radius 1 is 0.906 bits per heavy atom. The third kappa shape index (κ3) is 6.01. The number of pyridine rings is 1. The quantitative estimate of drug-likeness (QED) is 0.505. The van der Waals surface area contributed by atoms with Crippen LogP contribution in [0.4, 0.5) is 5.82 Å². The number of benzene rings is 2. The van der Waals surface area contributed by atoms with Gasteiger partial charge in [-0.1, -0.05) is 49.4 Å². The summed E-state index contributed by atoms with van der Waals surface area (Å²) in [6.45, 7) is 6.59. The second kappa shape index (κ2) is 11.0. The molecule has 1 aromatic heterocycles. The zero-order valence-electron chi connectivity index (χ0n) is 19.1. The minimum absolute atomic E-state index is 0.516. The number of aromatic nitrogens is 1. The minimum Gasteiger partial charge on any atom is -0.493 e. The van der Waals surface area contributed by atoms with Crippen LogP contribution in [0.3, 0.4) is 0 Å². The number of hydrogen-bond donors (Lipinski definition) is 1.